The van der Waals surface area contributed by atoms with Gasteiger partial charge in [-0.3, -0.25) is 4.79 Å². The SMILES string of the molecule is CC(C)=O.CC(C)C(=O)C(C)C.CCO. The maximum Gasteiger partial charge on any atom is 0.137 e. The molecule has 0 aromatic heterocycles. The van der Waals surface area contributed by atoms with Crippen LogP contribution in [-0.2, 0) is 9.59 Å². The Morgan fingerprint density at radius 2 is 1.13 bits per heavy atom. The lowest BCUT2D eigenvalue weighted by molar-refractivity contribution is -0.124. The van der Waals surface area contributed by atoms with Crippen molar-refractivity contribution in [2.24, 2.45) is 11.8 Å². The van der Waals surface area contributed by atoms with Crippen LogP contribution in [-0.4, -0.2) is 23.3 Å². The zero-order chi connectivity index (χ0) is 13.0. The Labute approximate surface area is 93.9 Å². The van der Waals surface area contributed by atoms with Gasteiger partial charge in [0.1, 0.15) is 11.6 Å². The molecule has 0 amide bonds. The summed E-state index contributed by atoms with van der Waals surface area (Å²) in [6.07, 6.45) is 0. The van der Waals surface area contributed by atoms with Crippen molar-refractivity contribution < 1.29 is 14.7 Å². The molecule has 0 aromatic carbocycles. The van der Waals surface area contributed by atoms with Crippen molar-refractivity contribution in [2.75, 3.05) is 6.61 Å². The van der Waals surface area contributed by atoms with Crippen molar-refractivity contribution >= 4 is 11.6 Å². The molecule has 0 aliphatic heterocycles. The van der Waals surface area contributed by atoms with Gasteiger partial charge in [-0.2, -0.15) is 0 Å². The molecule has 0 unspecified atom stereocenters. The van der Waals surface area contributed by atoms with Gasteiger partial charge in [0.25, 0.3) is 0 Å². The van der Waals surface area contributed by atoms with E-state index < -0.39 is 0 Å². The zero-order valence-electron chi connectivity index (χ0n) is 11.1. The number of Topliss-reactive ketones (excluding diaryl/α,β-unsaturated/α-hetero) is 2. The lowest BCUT2D eigenvalue weighted by Crippen LogP contribution is -2.13. The molecule has 3 nitrogen and oxygen atoms in total. The molecule has 15 heavy (non-hydrogen) atoms. The van der Waals surface area contributed by atoms with E-state index in [-0.39, 0.29) is 24.2 Å². The van der Waals surface area contributed by atoms with Crippen LogP contribution in [0.2, 0.25) is 0 Å². The lowest BCUT2D eigenvalue weighted by Gasteiger charge is -2.05. The highest BCUT2D eigenvalue weighted by Gasteiger charge is 2.09. The second kappa shape index (κ2) is 13.3. The summed E-state index contributed by atoms with van der Waals surface area (Å²) in [7, 11) is 0. The van der Waals surface area contributed by atoms with Gasteiger partial charge in [-0.1, -0.05) is 27.7 Å². The number of hydrogen-bond acceptors (Lipinski definition) is 3. The molecule has 0 aliphatic carbocycles. The summed E-state index contributed by atoms with van der Waals surface area (Å²) in [5.41, 5.74) is 0. The van der Waals surface area contributed by atoms with Crippen LogP contribution >= 0.6 is 0 Å². The van der Waals surface area contributed by atoms with Gasteiger partial charge >= 0.3 is 0 Å². The monoisotopic (exact) mass is 218 g/mol. The third kappa shape index (κ3) is 31.9. The predicted molar refractivity (Wildman–Crippen MR) is 63.8 cm³/mol. The summed E-state index contributed by atoms with van der Waals surface area (Å²) in [4.78, 5) is 20.3. The average Bonchev–Trinajstić information content (AvgIpc) is 2.02. The Bertz CT molecular complexity index is 146. The van der Waals surface area contributed by atoms with Gasteiger partial charge < -0.3 is 9.90 Å². The molecule has 92 valence electrons. The standard InChI is InChI=1S/C7H14O.C3H6O.C2H6O/c1-5(2)7(8)6(3)4;1-3(2)4;1-2-3/h5-6H,1-4H3;1-2H3;3H,2H2,1H3. The van der Waals surface area contributed by atoms with Gasteiger partial charge in [0.15, 0.2) is 0 Å². The number of aliphatic hydroxyl groups is 1. The number of carbonyl (C=O) groups is 2. The minimum absolute atomic E-state index is 0.167. The number of ketones is 2. The van der Waals surface area contributed by atoms with E-state index in [4.69, 9.17) is 5.11 Å². The molecule has 1 N–H and O–H groups in total. The van der Waals surface area contributed by atoms with Gasteiger partial charge in [-0.05, 0) is 20.8 Å². The molecule has 0 fully saturated rings. The van der Waals surface area contributed by atoms with E-state index in [0.717, 1.165) is 0 Å². The van der Waals surface area contributed by atoms with E-state index >= 15 is 0 Å². The fraction of sp³-hybridized carbons (Fsp3) is 0.833. The first-order chi connectivity index (χ1) is 6.70. The number of rotatable bonds is 2. The Hall–Kier alpha value is -0.700. The summed E-state index contributed by atoms with van der Waals surface area (Å²) >= 11 is 0. The molecule has 0 aliphatic rings. The maximum atomic E-state index is 10.8. The van der Waals surface area contributed by atoms with E-state index in [0.29, 0.717) is 5.78 Å². The molecule has 0 rings (SSSR count). The van der Waals surface area contributed by atoms with E-state index in [1.165, 1.54) is 13.8 Å². The Morgan fingerprint density at radius 3 is 1.13 bits per heavy atom. The normalized spacial score (nSPS) is 8.67. The molecule has 0 bridgehead atoms. The van der Waals surface area contributed by atoms with Gasteiger partial charge in [-0.15, -0.1) is 0 Å². The van der Waals surface area contributed by atoms with Crippen molar-refractivity contribution in [3.05, 3.63) is 0 Å². The summed E-state index contributed by atoms with van der Waals surface area (Å²) in [6.45, 7) is 12.7. The topological polar surface area (TPSA) is 54.4 Å². The highest BCUT2D eigenvalue weighted by Crippen LogP contribution is 2.03. The molecular formula is C12H26O3. The highest BCUT2D eigenvalue weighted by atomic mass is 16.2. The van der Waals surface area contributed by atoms with Crippen molar-refractivity contribution in [3.63, 3.8) is 0 Å². The van der Waals surface area contributed by atoms with Crippen LogP contribution in [0.3, 0.4) is 0 Å². The van der Waals surface area contributed by atoms with Crippen LogP contribution in [0.15, 0.2) is 0 Å². The van der Waals surface area contributed by atoms with Crippen LogP contribution < -0.4 is 0 Å². The minimum atomic E-state index is 0.167. The van der Waals surface area contributed by atoms with E-state index in [2.05, 4.69) is 0 Å². The Balaban J connectivity index is -0.000000173. The maximum absolute atomic E-state index is 10.8. The van der Waals surface area contributed by atoms with Gasteiger partial charge in [0, 0.05) is 18.4 Å². The Kier molecular flexibility index (Phi) is 17.6. The number of hydrogen-bond donors (Lipinski definition) is 1. The first kappa shape index (κ1) is 19.8. The second-order valence-electron chi connectivity index (χ2n) is 3.94. The molecule has 0 heterocycles. The molecule has 0 saturated heterocycles. The molecule has 0 aromatic rings. The van der Waals surface area contributed by atoms with Crippen LogP contribution in [0, 0.1) is 11.8 Å². The quantitative estimate of drug-likeness (QED) is 0.774. The van der Waals surface area contributed by atoms with Gasteiger partial charge in [0.2, 0.25) is 0 Å². The number of carbonyl (C=O) groups excluding carboxylic acids is 2. The highest BCUT2D eigenvalue weighted by molar-refractivity contribution is 5.81. The molecule has 0 atom stereocenters. The third-order valence-electron chi connectivity index (χ3n) is 1.14. The zero-order valence-corrected chi connectivity index (χ0v) is 11.1. The summed E-state index contributed by atoms with van der Waals surface area (Å²) in [5, 5.41) is 7.57. The molecule has 0 spiro atoms. The van der Waals surface area contributed by atoms with E-state index in [9.17, 15) is 9.59 Å². The fourth-order valence-corrected chi connectivity index (χ4v) is 0.667. The first-order valence-electron chi connectivity index (χ1n) is 5.32. The fourth-order valence-electron chi connectivity index (χ4n) is 0.667. The van der Waals surface area contributed by atoms with Crippen molar-refractivity contribution in [1.29, 1.82) is 0 Å². The minimum Gasteiger partial charge on any atom is -0.397 e. The van der Waals surface area contributed by atoms with Crippen LogP contribution in [0.4, 0.5) is 0 Å². The summed E-state index contributed by atoms with van der Waals surface area (Å²) < 4.78 is 0. The second-order valence-corrected chi connectivity index (χ2v) is 3.94. The summed E-state index contributed by atoms with van der Waals surface area (Å²) in [6, 6.07) is 0. The van der Waals surface area contributed by atoms with Crippen molar-refractivity contribution in [1.82, 2.24) is 0 Å². The van der Waals surface area contributed by atoms with Crippen molar-refractivity contribution in [3.8, 4) is 0 Å². The van der Waals surface area contributed by atoms with Crippen molar-refractivity contribution in [2.45, 2.75) is 48.5 Å². The predicted octanol–water partition coefficient (Wildman–Crippen LogP) is 2.46. The summed E-state index contributed by atoms with van der Waals surface area (Å²) in [5.74, 6) is 0.926. The molecular weight excluding hydrogens is 192 g/mol. The van der Waals surface area contributed by atoms with Gasteiger partial charge in [0.05, 0.1) is 0 Å². The van der Waals surface area contributed by atoms with E-state index in [1.54, 1.807) is 6.92 Å². The molecule has 0 saturated carbocycles. The third-order valence-corrected chi connectivity index (χ3v) is 1.14. The van der Waals surface area contributed by atoms with Gasteiger partial charge in [-0.25, -0.2) is 0 Å². The first-order valence-corrected chi connectivity index (χ1v) is 5.32. The van der Waals surface area contributed by atoms with E-state index in [1.807, 2.05) is 27.7 Å². The average molecular weight is 218 g/mol. The smallest absolute Gasteiger partial charge is 0.137 e. The Morgan fingerprint density at radius 1 is 1.00 bits per heavy atom. The number of aliphatic hydroxyl groups excluding tert-OH is 1. The van der Waals surface area contributed by atoms with Crippen LogP contribution in [0.5, 0.6) is 0 Å². The molecule has 3 heteroatoms. The lowest BCUT2D eigenvalue weighted by atomic mass is 9.99. The largest absolute Gasteiger partial charge is 0.397 e. The van der Waals surface area contributed by atoms with Crippen LogP contribution in [0.1, 0.15) is 48.5 Å². The molecule has 0 radical (unpaired) electrons. The van der Waals surface area contributed by atoms with Crippen LogP contribution in [0.25, 0.3) is 0 Å².